The molecule has 198 valence electrons. The van der Waals surface area contributed by atoms with Crippen molar-refractivity contribution < 1.29 is 22.3 Å². The number of nitrogens with zero attached hydrogens (tertiary/aromatic N) is 2. The summed E-state index contributed by atoms with van der Waals surface area (Å²) in [7, 11) is -3.75. The molecule has 0 saturated heterocycles. The first-order valence-electron chi connectivity index (χ1n) is 11.8. The number of nitrogens with two attached hydrogens (primary N) is 1. The van der Waals surface area contributed by atoms with Crippen molar-refractivity contribution in [3.05, 3.63) is 72.3 Å². The Bertz CT molecular complexity index is 1680. The predicted octanol–water partition coefficient (Wildman–Crippen LogP) is 5.33. The highest BCUT2D eigenvalue weighted by Crippen LogP contribution is 2.38. The normalized spacial score (nSPS) is 11.6. The van der Waals surface area contributed by atoms with Gasteiger partial charge in [0.25, 0.3) is 0 Å². The molecule has 0 aliphatic rings. The summed E-state index contributed by atoms with van der Waals surface area (Å²) in [5.41, 5.74) is 8.07. The van der Waals surface area contributed by atoms with Crippen molar-refractivity contribution >= 4 is 26.8 Å². The van der Waals surface area contributed by atoms with Crippen LogP contribution in [0, 0.1) is 11.6 Å². The van der Waals surface area contributed by atoms with Crippen LogP contribution in [0.3, 0.4) is 0 Å². The first-order valence-corrected chi connectivity index (χ1v) is 13.4. The molecule has 0 saturated carbocycles. The van der Waals surface area contributed by atoms with Crippen LogP contribution in [0.5, 0.6) is 0 Å². The Morgan fingerprint density at radius 2 is 1.58 bits per heavy atom. The van der Waals surface area contributed by atoms with Gasteiger partial charge in [0.1, 0.15) is 23.0 Å². The van der Waals surface area contributed by atoms with Gasteiger partial charge in [-0.15, -0.1) is 0 Å². The van der Waals surface area contributed by atoms with Crippen LogP contribution in [-0.2, 0) is 9.84 Å². The maximum Gasteiger partial charge on any atom is 0.198 e. The molecule has 0 aliphatic carbocycles. The number of aliphatic hydroxyl groups is 1. The van der Waals surface area contributed by atoms with Crippen LogP contribution in [0.2, 0.25) is 0 Å². The average molecular weight is 540 g/mol. The lowest BCUT2D eigenvalue weighted by Crippen LogP contribution is -2.14. The van der Waals surface area contributed by atoms with Crippen LogP contribution in [0.1, 0.15) is 20.8 Å². The van der Waals surface area contributed by atoms with E-state index in [0.29, 0.717) is 28.0 Å². The van der Waals surface area contributed by atoms with Gasteiger partial charge in [-0.3, -0.25) is 0 Å². The van der Waals surface area contributed by atoms with Crippen LogP contribution in [0.4, 0.5) is 14.7 Å². The summed E-state index contributed by atoms with van der Waals surface area (Å²) in [5.74, 6) is -1.50. The van der Waals surface area contributed by atoms with E-state index in [0.717, 1.165) is 12.1 Å². The van der Waals surface area contributed by atoms with E-state index in [4.69, 9.17) is 10.8 Å². The average Bonchev–Trinajstić information content (AvgIpc) is 3.47. The van der Waals surface area contributed by atoms with Gasteiger partial charge >= 0.3 is 0 Å². The number of sulfone groups is 1. The molecular formula is C27H27F2N5O3S. The third kappa shape index (κ3) is 5.02. The molecule has 0 unspecified atom stereocenters. The number of benzene rings is 3. The summed E-state index contributed by atoms with van der Waals surface area (Å²) in [5, 5.41) is 6.86. The largest absolute Gasteiger partial charge is 0.397 e. The minimum Gasteiger partial charge on any atom is -0.397 e. The molecule has 0 fully saturated rings. The number of halogens is 2. The number of aromatic nitrogens is 4. The fraction of sp³-hybridized carbons (Fsp3) is 0.185. The Hall–Kier alpha value is -4.09. The standard InChI is InChI=1S/C25H21F2N5O2S.C2H6O/c1-13(2)35(33,34)19-12-15(11-18-23(19)32-25(28)29-18)22-21(14-7-4-3-5-8-14)30-24(31-22)20-16(26)9-6-10-17(20)27;1-2-3/h3-13H,1-2H3,(H,30,31)(H3,28,29,32);3H,2H2,1H3. The van der Waals surface area contributed by atoms with E-state index in [9.17, 15) is 17.2 Å². The van der Waals surface area contributed by atoms with E-state index < -0.39 is 26.7 Å². The summed E-state index contributed by atoms with van der Waals surface area (Å²) >= 11 is 0. The second kappa shape index (κ2) is 10.7. The SMILES string of the molecule is CC(C)S(=O)(=O)c1cc(-c2nc(-c3c(F)cccc3F)[nH]c2-c2ccccc2)cc2[nH]c(N)nc12.CCO. The van der Waals surface area contributed by atoms with Gasteiger partial charge in [0, 0.05) is 17.7 Å². The number of hydrogen-bond donors (Lipinski definition) is 4. The monoisotopic (exact) mass is 539 g/mol. The number of imidazole rings is 2. The fourth-order valence-electron chi connectivity index (χ4n) is 3.95. The molecule has 5 N–H and O–H groups in total. The number of anilines is 1. The summed E-state index contributed by atoms with van der Waals surface area (Å²) in [4.78, 5) is 14.6. The van der Waals surface area contributed by atoms with E-state index in [1.54, 1.807) is 26.8 Å². The highest BCUT2D eigenvalue weighted by atomic mass is 32.2. The molecule has 38 heavy (non-hydrogen) atoms. The van der Waals surface area contributed by atoms with E-state index >= 15 is 0 Å². The third-order valence-electron chi connectivity index (χ3n) is 5.74. The molecule has 3 aromatic carbocycles. The van der Waals surface area contributed by atoms with Crippen LogP contribution < -0.4 is 5.73 Å². The Morgan fingerprint density at radius 3 is 2.18 bits per heavy atom. The van der Waals surface area contributed by atoms with E-state index in [1.165, 1.54) is 12.1 Å². The molecule has 0 radical (unpaired) electrons. The zero-order valence-electron chi connectivity index (χ0n) is 21.0. The van der Waals surface area contributed by atoms with Crippen molar-refractivity contribution in [2.24, 2.45) is 0 Å². The van der Waals surface area contributed by atoms with Crippen molar-refractivity contribution in [3.8, 4) is 33.9 Å². The van der Waals surface area contributed by atoms with Crippen LogP contribution in [0.25, 0.3) is 44.9 Å². The molecule has 5 rings (SSSR count). The highest BCUT2D eigenvalue weighted by Gasteiger charge is 2.27. The summed E-state index contributed by atoms with van der Waals surface area (Å²) in [6.07, 6.45) is 0. The molecule has 0 spiro atoms. The van der Waals surface area contributed by atoms with Crippen LogP contribution >= 0.6 is 0 Å². The zero-order chi connectivity index (χ0) is 27.6. The molecule has 0 amide bonds. The first kappa shape index (κ1) is 27.0. The van der Waals surface area contributed by atoms with Gasteiger partial charge < -0.3 is 20.8 Å². The van der Waals surface area contributed by atoms with Gasteiger partial charge in [-0.1, -0.05) is 36.4 Å². The Morgan fingerprint density at radius 1 is 0.947 bits per heavy atom. The van der Waals surface area contributed by atoms with Gasteiger partial charge in [-0.05, 0) is 45.0 Å². The Labute approximate surface area is 218 Å². The predicted molar refractivity (Wildman–Crippen MR) is 144 cm³/mol. The molecule has 2 aromatic heterocycles. The number of fused-ring (bicyclic) bond motifs is 1. The maximum atomic E-state index is 14.6. The first-order chi connectivity index (χ1) is 18.1. The number of nitrogen functional groups attached to an aromatic ring is 1. The smallest absolute Gasteiger partial charge is 0.198 e. The molecular weight excluding hydrogens is 512 g/mol. The Kier molecular flexibility index (Phi) is 7.61. The molecule has 5 aromatic rings. The quantitative estimate of drug-likeness (QED) is 0.238. The van der Waals surface area contributed by atoms with Crippen molar-refractivity contribution in [3.63, 3.8) is 0 Å². The number of hydrogen-bond acceptors (Lipinski definition) is 6. The highest BCUT2D eigenvalue weighted by molar-refractivity contribution is 7.92. The lowest BCUT2D eigenvalue weighted by Gasteiger charge is -2.11. The molecule has 8 nitrogen and oxygen atoms in total. The minimum atomic E-state index is -3.75. The molecule has 0 bridgehead atoms. The van der Waals surface area contributed by atoms with Crippen LogP contribution in [0.15, 0.2) is 65.6 Å². The summed E-state index contributed by atoms with van der Waals surface area (Å²) in [6.45, 7) is 5.08. The summed E-state index contributed by atoms with van der Waals surface area (Å²) < 4.78 is 55.6. The van der Waals surface area contributed by atoms with Crippen molar-refractivity contribution in [1.82, 2.24) is 19.9 Å². The number of H-pyrrole nitrogens is 2. The van der Waals surface area contributed by atoms with Gasteiger partial charge in [0.05, 0.1) is 32.6 Å². The summed E-state index contributed by atoms with van der Waals surface area (Å²) in [6, 6.07) is 15.8. The van der Waals surface area contributed by atoms with Gasteiger partial charge in [0.2, 0.25) is 0 Å². The van der Waals surface area contributed by atoms with E-state index in [1.807, 2.05) is 30.3 Å². The lowest BCUT2D eigenvalue weighted by atomic mass is 10.0. The van der Waals surface area contributed by atoms with Crippen molar-refractivity contribution in [2.45, 2.75) is 30.9 Å². The van der Waals surface area contributed by atoms with Crippen molar-refractivity contribution in [1.29, 1.82) is 0 Å². The zero-order valence-corrected chi connectivity index (χ0v) is 21.8. The van der Waals surface area contributed by atoms with Crippen LogP contribution in [-0.4, -0.2) is 45.3 Å². The van der Waals surface area contributed by atoms with Gasteiger partial charge in [0.15, 0.2) is 15.8 Å². The topological polar surface area (TPSA) is 138 Å². The fourth-order valence-corrected chi connectivity index (χ4v) is 5.17. The number of aromatic amines is 2. The second-order valence-electron chi connectivity index (χ2n) is 8.67. The lowest BCUT2D eigenvalue weighted by molar-refractivity contribution is 0.318. The molecule has 0 aliphatic heterocycles. The van der Waals surface area contributed by atoms with Crippen molar-refractivity contribution in [2.75, 3.05) is 12.3 Å². The molecule has 2 heterocycles. The van der Waals surface area contributed by atoms with E-state index in [2.05, 4.69) is 19.9 Å². The van der Waals surface area contributed by atoms with E-state index in [-0.39, 0.29) is 34.4 Å². The Balaban J connectivity index is 0.00000107. The van der Waals surface area contributed by atoms with Gasteiger partial charge in [-0.25, -0.2) is 27.2 Å². The van der Waals surface area contributed by atoms with Gasteiger partial charge in [-0.2, -0.15) is 0 Å². The molecule has 11 heteroatoms. The number of rotatable bonds is 5. The maximum absolute atomic E-state index is 14.6. The minimum absolute atomic E-state index is 0.00594. The second-order valence-corrected chi connectivity index (χ2v) is 11.1. The molecule has 0 atom stereocenters. The number of aliphatic hydroxyl groups excluding tert-OH is 1. The third-order valence-corrected chi connectivity index (χ3v) is 7.90. The number of nitrogens with one attached hydrogen (secondary N) is 2.